The Kier molecular flexibility index (Phi) is 5.04. The Bertz CT molecular complexity index is 1160. The van der Waals surface area contributed by atoms with Gasteiger partial charge in [0.1, 0.15) is 22.7 Å². The molecule has 146 valence electrons. The lowest BCUT2D eigenvalue weighted by Crippen LogP contribution is -2.05. The highest BCUT2D eigenvalue weighted by Gasteiger charge is 2.24. The Labute approximate surface area is 167 Å². The maximum Gasteiger partial charge on any atom is 0.342 e. The van der Waals surface area contributed by atoms with Crippen LogP contribution in [-0.4, -0.2) is 19.6 Å². The highest BCUT2D eigenvalue weighted by Crippen LogP contribution is 2.39. The first-order chi connectivity index (χ1) is 14.1. The van der Waals surface area contributed by atoms with E-state index >= 15 is 0 Å². The van der Waals surface area contributed by atoms with Crippen molar-refractivity contribution in [1.82, 2.24) is 0 Å². The number of esters is 1. The Morgan fingerprint density at radius 2 is 1.76 bits per heavy atom. The van der Waals surface area contributed by atoms with Crippen LogP contribution in [0.1, 0.15) is 17.3 Å². The summed E-state index contributed by atoms with van der Waals surface area (Å²) in [6, 6.07) is 19.6. The summed E-state index contributed by atoms with van der Waals surface area (Å²) in [7, 11) is 1.84. The number of rotatable bonds is 5. The molecule has 0 saturated heterocycles. The van der Waals surface area contributed by atoms with Gasteiger partial charge in [-0.3, -0.25) is 0 Å². The normalized spacial score (nSPS) is 10.9. The maximum absolute atomic E-state index is 13.4. The fraction of sp³-hybridized carbons (Fsp3) is 0.125. The number of furan rings is 1. The van der Waals surface area contributed by atoms with Gasteiger partial charge in [-0.25, -0.2) is 9.18 Å². The Hall–Kier alpha value is -3.60. The Morgan fingerprint density at radius 3 is 2.41 bits per heavy atom. The van der Waals surface area contributed by atoms with E-state index in [0.29, 0.717) is 27.9 Å². The van der Waals surface area contributed by atoms with E-state index in [0.717, 1.165) is 16.8 Å². The van der Waals surface area contributed by atoms with Gasteiger partial charge in [0.05, 0.1) is 6.61 Å². The van der Waals surface area contributed by atoms with Gasteiger partial charge < -0.3 is 14.5 Å². The second-order valence-corrected chi connectivity index (χ2v) is 6.54. The zero-order valence-corrected chi connectivity index (χ0v) is 16.2. The molecule has 1 heterocycles. The van der Waals surface area contributed by atoms with Crippen molar-refractivity contribution in [3.05, 3.63) is 78.1 Å². The van der Waals surface area contributed by atoms with Crippen LogP contribution in [0.4, 0.5) is 10.1 Å². The van der Waals surface area contributed by atoms with E-state index in [1.807, 2.05) is 49.5 Å². The van der Waals surface area contributed by atoms with E-state index in [1.54, 1.807) is 19.1 Å². The number of benzene rings is 3. The topological polar surface area (TPSA) is 51.5 Å². The number of hydrogen-bond donors (Lipinski definition) is 1. The van der Waals surface area contributed by atoms with Gasteiger partial charge >= 0.3 is 5.97 Å². The quantitative estimate of drug-likeness (QED) is 0.418. The first kappa shape index (κ1) is 18.7. The number of carbonyl (C=O) groups is 1. The molecular weight excluding hydrogens is 369 g/mol. The molecule has 5 heteroatoms. The minimum Gasteiger partial charge on any atom is -0.462 e. The second kappa shape index (κ2) is 7.80. The average Bonchev–Trinajstić information content (AvgIpc) is 3.12. The largest absolute Gasteiger partial charge is 0.462 e. The van der Waals surface area contributed by atoms with E-state index in [-0.39, 0.29) is 12.4 Å². The van der Waals surface area contributed by atoms with Crippen molar-refractivity contribution >= 4 is 22.6 Å². The SMILES string of the molecule is CCOC(=O)c1c(-c2ccc(F)cc2)oc2cc(NC)c(-c3ccccc3)cc12. The van der Waals surface area contributed by atoms with Gasteiger partial charge in [0, 0.05) is 35.3 Å². The van der Waals surface area contributed by atoms with Crippen molar-refractivity contribution < 1.29 is 18.3 Å². The van der Waals surface area contributed by atoms with Crippen LogP contribution in [0.2, 0.25) is 0 Å². The predicted molar refractivity (Wildman–Crippen MR) is 113 cm³/mol. The van der Waals surface area contributed by atoms with Crippen molar-refractivity contribution in [2.45, 2.75) is 6.92 Å². The van der Waals surface area contributed by atoms with Crippen LogP contribution >= 0.6 is 0 Å². The summed E-state index contributed by atoms with van der Waals surface area (Å²) in [6.45, 7) is 2.00. The fourth-order valence-electron chi connectivity index (χ4n) is 3.42. The minimum atomic E-state index is -0.471. The molecule has 0 aliphatic rings. The molecule has 0 fully saturated rings. The summed E-state index contributed by atoms with van der Waals surface area (Å²) in [6.07, 6.45) is 0. The molecular formula is C24H20FNO3. The maximum atomic E-state index is 13.4. The number of hydrogen-bond acceptors (Lipinski definition) is 4. The molecule has 1 aromatic heterocycles. The summed E-state index contributed by atoms with van der Waals surface area (Å²) in [5.41, 5.74) is 4.33. The second-order valence-electron chi connectivity index (χ2n) is 6.54. The summed E-state index contributed by atoms with van der Waals surface area (Å²) in [5.74, 6) is -0.459. The first-order valence-electron chi connectivity index (χ1n) is 9.39. The molecule has 0 unspecified atom stereocenters. The molecule has 0 amide bonds. The molecule has 1 N–H and O–H groups in total. The van der Waals surface area contributed by atoms with Crippen LogP contribution in [0.3, 0.4) is 0 Å². The van der Waals surface area contributed by atoms with E-state index < -0.39 is 5.97 Å². The van der Waals surface area contributed by atoms with E-state index in [4.69, 9.17) is 9.15 Å². The van der Waals surface area contributed by atoms with Crippen LogP contribution in [0.5, 0.6) is 0 Å². The van der Waals surface area contributed by atoms with Crippen molar-refractivity contribution in [2.75, 3.05) is 19.0 Å². The lowest BCUT2D eigenvalue weighted by molar-refractivity contribution is 0.0529. The lowest BCUT2D eigenvalue weighted by Gasteiger charge is -2.10. The molecule has 0 aliphatic carbocycles. The van der Waals surface area contributed by atoms with Gasteiger partial charge in [-0.1, -0.05) is 30.3 Å². The Balaban J connectivity index is 2.00. The Morgan fingerprint density at radius 1 is 1.03 bits per heavy atom. The lowest BCUT2D eigenvalue weighted by atomic mass is 9.99. The summed E-state index contributed by atoms with van der Waals surface area (Å²) < 4.78 is 24.8. The highest BCUT2D eigenvalue weighted by molar-refractivity contribution is 6.10. The van der Waals surface area contributed by atoms with Gasteiger partial charge in [-0.05, 0) is 42.8 Å². The molecule has 3 aromatic carbocycles. The summed E-state index contributed by atoms with van der Waals surface area (Å²) >= 11 is 0. The smallest absolute Gasteiger partial charge is 0.342 e. The molecule has 4 rings (SSSR count). The van der Waals surface area contributed by atoms with Gasteiger partial charge in [-0.15, -0.1) is 0 Å². The first-order valence-corrected chi connectivity index (χ1v) is 9.39. The molecule has 0 spiro atoms. The average molecular weight is 389 g/mol. The number of anilines is 1. The number of fused-ring (bicyclic) bond motifs is 1. The fourth-order valence-corrected chi connectivity index (χ4v) is 3.42. The molecule has 4 aromatic rings. The third kappa shape index (κ3) is 3.47. The van der Waals surface area contributed by atoms with Crippen LogP contribution in [0.15, 0.2) is 71.1 Å². The molecule has 0 atom stereocenters. The molecule has 0 bridgehead atoms. The van der Waals surface area contributed by atoms with E-state index in [1.165, 1.54) is 12.1 Å². The number of nitrogens with one attached hydrogen (secondary N) is 1. The molecule has 0 saturated carbocycles. The van der Waals surface area contributed by atoms with Crippen LogP contribution in [0, 0.1) is 5.82 Å². The van der Waals surface area contributed by atoms with Crippen LogP contribution in [-0.2, 0) is 4.74 Å². The van der Waals surface area contributed by atoms with Gasteiger partial charge in [0.25, 0.3) is 0 Å². The standard InChI is InChI=1S/C24H20FNO3/c1-3-28-24(27)22-19-13-18(15-7-5-4-6-8-15)20(26-2)14-21(19)29-23(22)16-9-11-17(25)12-10-16/h4-14,26H,3H2,1-2H3. The van der Waals surface area contributed by atoms with Crippen molar-refractivity contribution in [3.63, 3.8) is 0 Å². The van der Waals surface area contributed by atoms with Gasteiger partial charge in [0.2, 0.25) is 0 Å². The van der Waals surface area contributed by atoms with Gasteiger partial charge in [-0.2, -0.15) is 0 Å². The molecule has 4 nitrogen and oxygen atoms in total. The van der Waals surface area contributed by atoms with E-state index in [9.17, 15) is 9.18 Å². The highest BCUT2D eigenvalue weighted by atomic mass is 19.1. The summed E-state index contributed by atoms with van der Waals surface area (Å²) in [4.78, 5) is 12.8. The van der Waals surface area contributed by atoms with Gasteiger partial charge in [0.15, 0.2) is 0 Å². The van der Waals surface area contributed by atoms with Crippen molar-refractivity contribution in [2.24, 2.45) is 0 Å². The zero-order chi connectivity index (χ0) is 20.4. The third-order valence-corrected chi connectivity index (χ3v) is 4.77. The van der Waals surface area contributed by atoms with Crippen LogP contribution < -0.4 is 5.32 Å². The summed E-state index contributed by atoms with van der Waals surface area (Å²) in [5, 5.41) is 3.84. The van der Waals surface area contributed by atoms with Crippen molar-refractivity contribution in [3.8, 4) is 22.5 Å². The third-order valence-electron chi connectivity index (χ3n) is 4.77. The molecule has 29 heavy (non-hydrogen) atoms. The number of ether oxygens (including phenoxy) is 1. The monoisotopic (exact) mass is 389 g/mol. The number of halogens is 1. The van der Waals surface area contributed by atoms with Crippen molar-refractivity contribution in [1.29, 1.82) is 0 Å². The van der Waals surface area contributed by atoms with Crippen LogP contribution in [0.25, 0.3) is 33.4 Å². The number of carbonyl (C=O) groups excluding carboxylic acids is 1. The minimum absolute atomic E-state index is 0.245. The predicted octanol–water partition coefficient (Wildman–Crippen LogP) is 6.12. The molecule has 0 radical (unpaired) electrons. The molecule has 0 aliphatic heterocycles. The zero-order valence-electron chi connectivity index (χ0n) is 16.2. The van der Waals surface area contributed by atoms with E-state index in [2.05, 4.69) is 5.32 Å².